The van der Waals surface area contributed by atoms with Crippen molar-refractivity contribution in [1.29, 1.82) is 0 Å². The Balaban J connectivity index is 1.57. The topological polar surface area (TPSA) is 228 Å². The van der Waals surface area contributed by atoms with Gasteiger partial charge in [-0.25, -0.2) is 0 Å². The van der Waals surface area contributed by atoms with Crippen molar-refractivity contribution >= 4 is 5.91 Å². The lowest BCUT2D eigenvalue weighted by atomic mass is 9.97. The van der Waals surface area contributed by atoms with Crippen molar-refractivity contribution in [2.75, 3.05) is 19.8 Å². The smallest absolute Gasteiger partial charge is 0.220 e. The van der Waals surface area contributed by atoms with Crippen LogP contribution in [-0.2, 0) is 23.7 Å². The molecule has 2 fully saturated rings. The summed E-state index contributed by atoms with van der Waals surface area (Å²) >= 11 is 0. The first-order valence-corrected chi connectivity index (χ1v) is 30.6. The lowest BCUT2D eigenvalue weighted by Crippen LogP contribution is -2.65. The fraction of sp³-hybridized carbons (Fsp3) is 0.917. The van der Waals surface area contributed by atoms with Gasteiger partial charge in [-0.15, -0.1) is 0 Å². The number of unbranched alkanes of at least 4 members (excludes halogenated alkanes) is 34. The third-order valence-electron chi connectivity index (χ3n) is 15.1. The largest absolute Gasteiger partial charge is 0.394 e. The highest BCUT2D eigenvalue weighted by Crippen LogP contribution is 2.30. The zero-order valence-electron chi connectivity index (χ0n) is 46.8. The van der Waals surface area contributed by atoms with Crippen LogP contribution < -0.4 is 5.32 Å². The number of rotatable bonds is 49. The number of carbonyl (C=O) groups is 1. The molecule has 2 aliphatic rings. The second kappa shape index (κ2) is 46.4. The normalized spacial score (nSPS) is 25.3. The number of nitrogens with one attached hydrogen (secondary N) is 1. The summed E-state index contributed by atoms with van der Waals surface area (Å²) in [4.78, 5) is 13.2. The van der Waals surface area contributed by atoms with Crippen LogP contribution >= 0.6 is 0 Å². The van der Waals surface area contributed by atoms with Crippen LogP contribution in [0.5, 0.6) is 0 Å². The van der Waals surface area contributed by atoms with Crippen molar-refractivity contribution in [2.24, 2.45) is 0 Å². The highest BCUT2D eigenvalue weighted by atomic mass is 16.7. The molecule has 74 heavy (non-hydrogen) atoms. The highest BCUT2D eigenvalue weighted by molar-refractivity contribution is 5.76. The molecule has 0 aliphatic carbocycles. The number of aliphatic hydroxyl groups excluding tert-OH is 8. The van der Waals surface area contributed by atoms with Gasteiger partial charge in [0.15, 0.2) is 12.6 Å². The third-order valence-corrected chi connectivity index (χ3v) is 15.1. The van der Waals surface area contributed by atoms with E-state index in [1.54, 1.807) is 6.08 Å². The Morgan fingerprint density at radius 1 is 0.473 bits per heavy atom. The SMILES string of the molecule is CCCC/C=C/CC/C=C/C(O)C(COC1OC(CO)C(OC2OC(CO)C(O)C(O)C2O)C(O)C1O)NC(=O)CCCCCCCCCCCCCCCCCCCCCCCCCCCCCCCCCC. The maximum absolute atomic E-state index is 13.2. The molecule has 2 rings (SSSR count). The summed E-state index contributed by atoms with van der Waals surface area (Å²) in [5.74, 6) is -0.248. The van der Waals surface area contributed by atoms with Gasteiger partial charge >= 0.3 is 0 Å². The molecule has 0 bridgehead atoms. The lowest BCUT2D eigenvalue weighted by molar-refractivity contribution is -0.359. The molecule has 2 heterocycles. The Morgan fingerprint density at radius 2 is 0.865 bits per heavy atom. The number of amides is 1. The molecule has 14 heteroatoms. The minimum atomic E-state index is -1.79. The minimum absolute atomic E-state index is 0.248. The van der Waals surface area contributed by atoms with Crippen LogP contribution in [0, 0.1) is 0 Å². The van der Waals surface area contributed by atoms with Gasteiger partial charge in [0.25, 0.3) is 0 Å². The van der Waals surface area contributed by atoms with Gasteiger partial charge in [0, 0.05) is 6.42 Å². The zero-order chi connectivity index (χ0) is 53.9. The molecule has 2 aliphatic heterocycles. The van der Waals surface area contributed by atoms with Gasteiger partial charge in [-0.3, -0.25) is 4.79 Å². The van der Waals surface area contributed by atoms with E-state index in [4.69, 9.17) is 18.9 Å². The van der Waals surface area contributed by atoms with Crippen molar-refractivity contribution in [2.45, 2.75) is 331 Å². The van der Waals surface area contributed by atoms with Crippen molar-refractivity contribution in [1.82, 2.24) is 5.32 Å². The number of carbonyl (C=O) groups excluding carboxylic acids is 1. The van der Waals surface area contributed by atoms with Crippen LogP contribution in [-0.4, -0.2) is 140 Å². The van der Waals surface area contributed by atoms with Crippen LogP contribution in [0.1, 0.15) is 258 Å². The van der Waals surface area contributed by atoms with Gasteiger partial charge in [-0.1, -0.05) is 250 Å². The molecule has 0 radical (unpaired) electrons. The van der Waals surface area contributed by atoms with Crippen LogP contribution in [0.3, 0.4) is 0 Å². The quantitative estimate of drug-likeness (QED) is 0.0204. The predicted molar refractivity (Wildman–Crippen MR) is 295 cm³/mol. The Labute approximate surface area is 449 Å². The summed E-state index contributed by atoms with van der Waals surface area (Å²) in [5.41, 5.74) is 0. The zero-order valence-corrected chi connectivity index (χ0v) is 46.8. The molecule has 0 spiro atoms. The third kappa shape index (κ3) is 31.8. The van der Waals surface area contributed by atoms with Crippen LogP contribution in [0.15, 0.2) is 24.3 Å². The molecule has 436 valence electrons. The summed E-state index contributed by atoms with van der Waals surface area (Å²) in [6.07, 6.45) is 38.6. The van der Waals surface area contributed by atoms with Gasteiger partial charge in [0.2, 0.25) is 5.91 Å². The fourth-order valence-electron chi connectivity index (χ4n) is 10.2. The summed E-state index contributed by atoms with van der Waals surface area (Å²) in [6.45, 7) is 2.71. The van der Waals surface area contributed by atoms with Crippen LogP contribution in [0.2, 0.25) is 0 Å². The van der Waals surface area contributed by atoms with Crippen LogP contribution in [0.25, 0.3) is 0 Å². The molecule has 0 aromatic heterocycles. The first-order chi connectivity index (χ1) is 36.1. The number of hydrogen-bond donors (Lipinski definition) is 9. The number of hydrogen-bond acceptors (Lipinski definition) is 13. The average molecular weight is 1060 g/mol. The summed E-state index contributed by atoms with van der Waals surface area (Å²) in [7, 11) is 0. The van der Waals surface area contributed by atoms with E-state index >= 15 is 0 Å². The standard InChI is InChI=1S/C60H113NO13/c1-3-5-7-9-11-13-14-15-16-17-18-19-20-21-22-23-24-25-26-27-28-29-30-31-32-33-34-35-36-38-40-42-44-52(65)61-48(49(64)43-41-39-37-12-10-8-6-4-2)47-71-59-57(70)55(68)58(51(46-63)73-59)74-60-56(69)54(67)53(66)50(45-62)72-60/h10,12,41,43,48-51,53-60,62-64,66-70H,3-9,11,13-40,42,44-47H2,1-2H3,(H,61,65)/b12-10+,43-41+. The molecular weight excluding hydrogens is 943 g/mol. The monoisotopic (exact) mass is 1060 g/mol. The molecule has 0 aromatic carbocycles. The predicted octanol–water partition coefficient (Wildman–Crippen LogP) is 10.4. The summed E-state index contributed by atoms with van der Waals surface area (Å²) in [6, 6.07) is -0.925. The first kappa shape index (κ1) is 68.6. The molecule has 1 amide bonds. The van der Waals surface area contributed by atoms with E-state index in [-0.39, 0.29) is 18.9 Å². The van der Waals surface area contributed by atoms with Gasteiger partial charge in [-0.05, 0) is 25.7 Å². The van der Waals surface area contributed by atoms with Crippen molar-refractivity contribution in [3.8, 4) is 0 Å². The van der Waals surface area contributed by atoms with E-state index in [1.165, 1.54) is 180 Å². The Hall–Kier alpha value is -1.53. The van der Waals surface area contributed by atoms with E-state index < -0.39 is 86.8 Å². The Bertz CT molecular complexity index is 1340. The van der Waals surface area contributed by atoms with Crippen molar-refractivity contribution in [3.05, 3.63) is 24.3 Å². The van der Waals surface area contributed by atoms with Crippen LogP contribution in [0.4, 0.5) is 0 Å². The molecule has 0 aromatic rings. The number of ether oxygens (including phenoxy) is 4. The Morgan fingerprint density at radius 3 is 1.31 bits per heavy atom. The maximum atomic E-state index is 13.2. The maximum Gasteiger partial charge on any atom is 0.220 e. The molecule has 9 N–H and O–H groups in total. The first-order valence-electron chi connectivity index (χ1n) is 30.6. The van der Waals surface area contributed by atoms with Gasteiger partial charge < -0.3 is 65.1 Å². The molecule has 0 saturated carbocycles. The van der Waals surface area contributed by atoms with E-state index in [0.29, 0.717) is 12.8 Å². The Kier molecular flexibility index (Phi) is 43.0. The molecule has 12 unspecified atom stereocenters. The summed E-state index contributed by atoms with van der Waals surface area (Å²) in [5, 5.41) is 86.6. The van der Waals surface area contributed by atoms with E-state index in [0.717, 1.165) is 44.9 Å². The van der Waals surface area contributed by atoms with E-state index in [9.17, 15) is 45.6 Å². The van der Waals surface area contributed by atoms with E-state index in [1.807, 2.05) is 6.08 Å². The van der Waals surface area contributed by atoms with Gasteiger partial charge in [-0.2, -0.15) is 0 Å². The van der Waals surface area contributed by atoms with Crippen molar-refractivity contribution in [3.63, 3.8) is 0 Å². The summed E-state index contributed by atoms with van der Waals surface area (Å²) < 4.78 is 22.7. The van der Waals surface area contributed by atoms with Gasteiger partial charge in [0.05, 0.1) is 32.0 Å². The lowest BCUT2D eigenvalue weighted by Gasteiger charge is -2.46. The van der Waals surface area contributed by atoms with Gasteiger partial charge in [0.1, 0.15) is 48.8 Å². The molecule has 14 nitrogen and oxygen atoms in total. The fourth-order valence-corrected chi connectivity index (χ4v) is 10.2. The minimum Gasteiger partial charge on any atom is -0.394 e. The average Bonchev–Trinajstić information content (AvgIpc) is 3.40. The highest BCUT2D eigenvalue weighted by Gasteiger charge is 2.51. The second-order valence-corrected chi connectivity index (χ2v) is 21.8. The van der Waals surface area contributed by atoms with E-state index in [2.05, 4.69) is 31.3 Å². The molecular formula is C60H113NO13. The second-order valence-electron chi connectivity index (χ2n) is 21.8. The number of allylic oxidation sites excluding steroid dienone is 3. The molecule has 12 atom stereocenters. The van der Waals surface area contributed by atoms with Crippen molar-refractivity contribution < 1.29 is 64.6 Å². The number of aliphatic hydroxyl groups is 8. The molecule has 2 saturated heterocycles.